The fourth-order valence-corrected chi connectivity index (χ4v) is 10.0. The van der Waals surface area contributed by atoms with E-state index in [-0.39, 0.29) is 5.41 Å². The number of hydrogen-bond acceptors (Lipinski definition) is 4. The van der Waals surface area contributed by atoms with Crippen molar-refractivity contribution in [3.05, 3.63) is 149 Å². The summed E-state index contributed by atoms with van der Waals surface area (Å²) in [5.74, 6) is 3.32. The fourth-order valence-electron chi connectivity index (χ4n) is 10.0. The summed E-state index contributed by atoms with van der Waals surface area (Å²) < 4.78 is 25.1. The molecular formula is C50H48O4. The van der Waals surface area contributed by atoms with Gasteiger partial charge in [-0.3, -0.25) is 0 Å². The largest absolute Gasteiger partial charge is 0.497 e. The second-order valence-corrected chi connectivity index (χ2v) is 15.4. The predicted octanol–water partition coefficient (Wildman–Crippen LogP) is 12.5. The Kier molecular flexibility index (Phi) is 8.34. The van der Waals surface area contributed by atoms with Gasteiger partial charge >= 0.3 is 0 Å². The lowest BCUT2D eigenvalue weighted by Crippen LogP contribution is -2.38. The van der Waals surface area contributed by atoms with E-state index in [0.29, 0.717) is 5.41 Å². The zero-order valence-electron chi connectivity index (χ0n) is 32.0. The standard InChI is InChI=1S/C50H48O4/c1-6-48(7-2)27-29-49(30-28-48)43-16-12-11-15-38(43)45-41-31-40(33-13-9-8-10-14-33)44(53-5)32-42(41)47-39(46(45)49)25-26-50(54-47,34-17-21-36(51-3)22-18-34)35-19-23-37(52-4)24-20-35/h8-26,31-32H,6-7,27-30H2,1-5H3. The van der Waals surface area contributed by atoms with E-state index in [1.54, 1.807) is 21.3 Å². The number of fused-ring (bicyclic) bond motifs is 10. The van der Waals surface area contributed by atoms with Crippen molar-refractivity contribution in [2.45, 2.75) is 63.4 Å². The maximum atomic E-state index is 7.71. The van der Waals surface area contributed by atoms with Crippen LogP contribution in [0, 0.1) is 5.41 Å². The second kappa shape index (κ2) is 13.1. The Morgan fingerprint density at radius 3 is 1.81 bits per heavy atom. The number of rotatable bonds is 8. The lowest BCUT2D eigenvalue weighted by molar-refractivity contribution is 0.132. The van der Waals surface area contributed by atoms with E-state index in [1.165, 1.54) is 58.9 Å². The van der Waals surface area contributed by atoms with Crippen LogP contribution in [0.3, 0.4) is 0 Å². The number of hydrogen-bond donors (Lipinski definition) is 0. The van der Waals surface area contributed by atoms with E-state index >= 15 is 0 Å². The first-order valence-corrected chi connectivity index (χ1v) is 19.5. The van der Waals surface area contributed by atoms with E-state index in [1.807, 2.05) is 24.3 Å². The van der Waals surface area contributed by atoms with Gasteiger partial charge in [-0.05, 0) is 107 Å². The lowest BCUT2D eigenvalue weighted by atomic mass is 9.58. The Labute approximate surface area is 319 Å². The van der Waals surface area contributed by atoms with Crippen LogP contribution in [0.25, 0.3) is 39.1 Å². The highest BCUT2D eigenvalue weighted by atomic mass is 16.5. The molecule has 1 fully saturated rings. The molecular weight excluding hydrogens is 665 g/mol. The summed E-state index contributed by atoms with van der Waals surface area (Å²) in [4.78, 5) is 0. The maximum Gasteiger partial charge on any atom is 0.178 e. The third-order valence-electron chi connectivity index (χ3n) is 13.3. The normalized spacial score (nSPS) is 17.0. The van der Waals surface area contributed by atoms with Crippen molar-refractivity contribution < 1.29 is 18.9 Å². The topological polar surface area (TPSA) is 36.9 Å². The van der Waals surface area contributed by atoms with Crippen LogP contribution in [0.5, 0.6) is 23.0 Å². The number of methoxy groups -OCH3 is 3. The molecule has 272 valence electrons. The van der Waals surface area contributed by atoms with Crippen molar-refractivity contribution in [2.75, 3.05) is 21.3 Å². The summed E-state index contributed by atoms with van der Waals surface area (Å²) in [5, 5.41) is 2.25. The minimum Gasteiger partial charge on any atom is -0.497 e. The zero-order valence-corrected chi connectivity index (χ0v) is 32.0. The Bertz CT molecular complexity index is 2330. The summed E-state index contributed by atoms with van der Waals surface area (Å²) in [5.41, 5.74) is 10.4. The Morgan fingerprint density at radius 2 is 1.22 bits per heavy atom. The zero-order chi connectivity index (χ0) is 37.1. The van der Waals surface area contributed by atoms with Crippen LogP contribution in [0.4, 0.5) is 0 Å². The fraction of sp³-hybridized carbons (Fsp3) is 0.280. The molecule has 2 aliphatic carbocycles. The molecule has 0 bridgehead atoms. The first kappa shape index (κ1) is 34.3. The molecule has 0 aromatic heterocycles. The SMILES string of the molecule is CCC1(CC)CCC2(CC1)c1ccccc1-c1c2c2c(c3cc(OC)c(-c4ccccc4)cc13)OC(c1ccc(OC)cc1)(c1ccc(OC)cc1)C=C2. The molecule has 1 aliphatic heterocycles. The highest BCUT2D eigenvalue weighted by molar-refractivity contribution is 6.10. The molecule has 1 heterocycles. The maximum absolute atomic E-state index is 7.71. The monoisotopic (exact) mass is 712 g/mol. The molecule has 0 radical (unpaired) electrons. The van der Waals surface area contributed by atoms with E-state index < -0.39 is 5.60 Å². The van der Waals surface area contributed by atoms with Crippen LogP contribution in [0.2, 0.25) is 0 Å². The highest BCUT2D eigenvalue weighted by Crippen LogP contribution is 2.64. The van der Waals surface area contributed by atoms with Crippen LogP contribution in [0.1, 0.15) is 80.2 Å². The summed E-state index contributed by atoms with van der Waals surface area (Å²) in [6, 6.07) is 41.0. The highest BCUT2D eigenvalue weighted by Gasteiger charge is 2.51. The quantitative estimate of drug-likeness (QED) is 0.157. The molecule has 0 saturated heterocycles. The molecule has 6 aromatic carbocycles. The summed E-state index contributed by atoms with van der Waals surface area (Å²) in [6.07, 6.45) is 11.8. The first-order valence-electron chi connectivity index (χ1n) is 19.5. The van der Waals surface area contributed by atoms with Crippen LogP contribution in [-0.4, -0.2) is 21.3 Å². The van der Waals surface area contributed by atoms with Crippen LogP contribution >= 0.6 is 0 Å². The van der Waals surface area contributed by atoms with Gasteiger partial charge in [-0.1, -0.05) is 112 Å². The molecule has 0 amide bonds. The molecule has 4 nitrogen and oxygen atoms in total. The van der Waals surface area contributed by atoms with Gasteiger partial charge in [-0.25, -0.2) is 0 Å². The van der Waals surface area contributed by atoms with Crippen LogP contribution in [0.15, 0.2) is 121 Å². The van der Waals surface area contributed by atoms with Crippen LogP contribution in [-0.2, 0) is 11.0 Å². The molecule has 0 N–H and O–H groups in total. The van der Waals surface area contributed by atoms with Gasteiger partial charge in [0.25, 0.3) is 0 Å². The van der Waals surface area contributed by atoms with E-state index in [2.05, 4.69) is 117 Å². The molecule has 0 unspecified atom stereocenters. The molecule has 1 spiro atoms. The summed E-state index contributed by atoms with van der Waals surface area (Å²) in [7, 11) is 5.18. The van der Waals surface area contributed by atoms with Crippen molar-refractivity contribution in [2.24, 2.45) is 5.41 Å². The average Bonchev–Trinajstić information content (AvgIpc) is 3.53. The van der Waals surface area contributed by atoms with E-state index in [9.17, 15) is 0 Å². The lowest BCUT2D eigenvalue weighted by Gasteiger charge is -2.47. The molecule has 6 aromatic rings. The molecule has 0 atom stereocenters. The smallest absolute Gasteiger partial charge is 0.178 e. The minimum atomic E-state index is -0.914. The Balaban J connectivity index is 1.37. The number of ether oxygens (including phenoxy) is 4. The third kappa shape index (κ3) is 5.02. The van der Waals surface area contributed by atoms with E-state index in [4.69, 9.17) is 18.9 Å². The summed E-state index contributed by atoms with van der Waals surface area (Å²) >= 11 is 0. The van der Waals surface area contributed by atoms with Crippen LogP contribution < -0.4 is 18.9 Å². The third-order valence-corrected chi connectivity index (χ3v) is 13.3. The average molecular weight is 713 g/mol. The Hall–Kier alpha value is -5.48. The Morgan fingerprint density at radius 1 is 0.611 bits per heavy atom. The van der Waals surface area contributed by atoms with Crippen molar-refractivity contribution in [1.29, 1.82) is 0 Å². The van der Waals surface area contributed by atoms with Crippen molar-refractivity contribution in [3.63, 3.8) is 0 Å². The van der Waals surface area contributed by atoms with Crippen molar-refractivity contribution in [1.82, 2.24) is 0 Å². The van der Waals surface area contributed by atoms with E-state index in [0.717, 1.165) is 63.5 Å². The van der Waals surface area contributed by atoms with Gasteiger partial charge in [0.2, 0.25) is 0 Å². The van der Waals surface area contributed by atoms with Gasteiger partial charge in [-0.2, -0.15) is 0 Å². The molecule has 54 heavy (non-hydrogen) atoms. The molecule has 9 rings (SSSR count). The molecule has 4 heteroatoms. The van der Waals surface area contributed by atoms with Crippen molar-refractivity contribution >= 4 is 16.8 Å². The van der Waals surface area contributed by atoms with Gasteiger partial charge in [0, 0.05) is 33.1 Å². The minimum absolute atomic E-state index is 0.112. The van der Waals surface area contributed by atoms with Gasteiger partial charge in [0.1, 0.15) is 23.0 Å². The van der Waals surface area contributed by atoms with Gasteiger partial charge in [-0.15, -0.1) is 0 Å². The number of benzene rings is 6. The molecule has 1 saturated carbocycles. The van der Waals surface area contributed by atoms with Gasteiger partial charge in [0.15, 0.2) is 5.60 Å². The molecule has 3 aliphatic rings. The first-order chi connectivity index (χ1) is 26.4. The summed E-state index contributed by atoms with van der Waals surface area (Å²) in [6.45, 7) is 4.78. The second-order valence-electron chi connectivity index (χ2n) is 15.4. The van der Waals surface area contributed by atoms with Crippen molar-refractivity contribution in [3.8, 4) is 45.3 Å². The van der Waals surface area contributed by atoms with Gasteiger partial charge in [0.05, 0.1) is 21.3 Å². The van der Waals surface area contributed by atoms with Gasteiger partial charge < -0.3 is 18.9 Å². The predicted molar refractivity (Wildman–Crippen MR) is 220 cm³/mol.